The fourth-order valence-electron chi connectivity index (χ4n) is 3.60. The maximum atomic E-state index is 12.2. The molecule has 2 aliphatic rings. The molecule has 1 aliphatic heterocycles. The summed E-state index contributed by atoms with van der Waals surface area (Å²) in [5.74, 6) is 0.451. The Labute approximate surface area is 142 Å². The zero-order valence-corrected chi connectivity index (χ0v) is 14.1. The predicted molar refractivity (Wildman–Crippen MR) is 90.5 cm³/mol. The van der Waals surface area contributed by atoms with Crippen molar-refractivity contribution in [3.8, 4) is 0 Å². The van der Waals surface area contributed by atoms with Crippen molar-refractivity contribution in [2.45, 2.75) is 51.5 Å². The molecule has 4 N–H and O–H groups in total. The highest BCUT2D eigenvalue weighted by Gasteiger charge is 2.21. The van der Waals surface area contributed by atoms with Gasteiger partial charge in [-0.3, -0.25) is 14.7 Å². The number of nitrogens with zero attached hydrogens (tertiary/aromatic N) is 1. The summed E-state index contributed by atoms with van der Waals surface area (Å²) in [6, 6.07) is 0. The number of aromatic nitrogens is 2. The fourth-order valence-corrected chi connectivity index (χ4v) is 3.60. The van der Waals surface area contributed by atoms with Gasteiger partial charge in [-0.25, -0.2) is 0 Å². The largest absolute Gasteiger partial charge is 0.354 e. The molecule has 7 nitrogen and oxygen atoms in total. The lowest BCUT2D eigenvalue weighted by atomic mass is 9.87. The third-order valence-electron chi connectivity index (χ3n) is 4.95. The van der Waals surface area contributed by atoms with Crippen molar-refractivity contribution in [2.24, 2.45) is 5.92 Å². The van der Waals surface area contributed by atoms with Gasteiger partial charge >= 0.3 is 0 Å². The molecule has 1 aromatic heterocycles. The Morgan fingerprint density at radius 3 is 2.75 bits per heavy atom. The van der Waals surface area contributed by atoms with Crippen LogP contribution in [0, 0.1) is 5.92 Å². The summed E-state index contributed by atoms with van der Waals surface area (Å²) in [6.07, 6.45) is 7.62. The van der Waals surface area contributed by atoms with E-state index < -0.39 is 0 Å². The van der Waals surface area contributed by atoms with E-state index in [2.05, 4.69) is 26.1 Å². The minimum Gasteiger partial charge on any atom is -0.354 e. The van der Waals surface area contributed by atoms with Crippen LogP contribution in [-0.2, 0) is 17.8 Å². The molecule has 1 aliphatic carbocycles. The Bertz CT molecular complexity index is 578. The van der Waals surface area contributed by atoms with Crippen molar-refractivity contribution in [1.82, 2.24) is 26.1 Å². The van der Waals surface area contributed by atoms with Crippen LogP contribution in [0.2, 0.25) is 0 Å². The van der Waals surface area contributed by atoms with Crippen molar-refractivity contribution >= 4 is 11.8 Å². The Hall–Kier alpha value is -1.89. The van der Waals surface area contributed by atoms with Crippen LogP contribution in [0.5, 0.6) is 0 Å². The van der Waals surface area contributed by atoms with E-state index >= 15 is 0 Å². The second-order valence-electron chi connectivity index (χ2n) is 6.77. The van der Waals surface area contributed by atoms with E-state index in [1.807, 2.05) is 0 Å². The van der Waals surface area contributed by atoms with Gasteiger partial charge < -0.3 is 16.0 Å². The molecule has 3 rings (SSSR count). The molecule has 0 aromatic carbocycles. The summed E-state index contributed by atoms with van der Waals surface area (Å²) < 4.78 is 0. The van der Waals surface area contributed by atoms with E-state index in [1.54, 1.807) is 0 Å². The minimum atomic E-state index is -0.183. The SMILES string of the molecule is O=C(CC1CCCCC1)NCCNC(=O)c1n[nH]c2c1CNCC2. The predicted octanol–water partition coefficient (Wildman–Crippen LogP) is 0.872. The zero-order chi connectivity index (χ0) is 16.8. The normalized spacial score (nSPS) is 18.0. The molecule has 0 bridgehead atoms. The van der Waals surface area contributed by atoms with Gasteiger partial charge in [-0.1, -0.05) is 19.3 Å². The summed E-state index contributed by atoms with van der Waals surface area (Å²) in [6.45, 7) is 2.46. The molecule has 24 heavy (non-hydrogen) atoms. The molecule has 0 saturated heterocycles. The molecule has 0 radical (unpaired) electrons. The number of hydrogen-bond acceptors (Lipinski definition) is 4. The minimum absolute atomic E-state index is 0.0949. The maximum absolute atomic E-state index is 12.2. The Morgan fingerprint density at radius 2 is 1.92 bits per heavy atom. The number of aromatic amines is 1. The van der Waals surface area contributed by atoms with Gasteiger partial charge in [0.25, 0.3) is 5.91 Å². The first-order valence-electron chi connectivity index (χ1n) is 9.06. The number of rotatable bonds is 6. The number of fused-ring (bicyclic) bond motifs is 1. The number of nitrogens with one attached hydrogen (secondary N) is 4. The van der Waals surface area contributed by atoms with Crippen molar-refractivity contribution in [3.05, 3.63) is 17.0 Å². The van der Waals surface area contributed by atoms with Crippen LogP contribution in [0.4, 0.5) is 0 Å². The number of amides is 2. The van der Waals surface area contributed by atoms with E-state index in [4.69, 9.17) is 0 Å². The van der Waals surface area contributed by atoms with Crippen LogP contribution in [0.25, 0.3) is 0 Å². The average molecular weight is 333 g/mol. The van der Waals surface area contributed by atoms with Gasteiger partial charge in [-0.2, -0.15) is 5.10 Å². The molecule has 1 fully saturated rings. The monoisotopic (exact) mass is 333 g/mol. The van der Waals surface area contributed by atoms with E-state index in [0.29, 0.717) is 37.7 Å². The molecular formula is C17H27N5O2. The summed E-state index contributed by atoms with van der Waals surface area (Å²) in [4.78, 5) is 24.1. The molecular weight excluding hydrogens is 306 g/mol. The lowest BCUT2D eigenvalue weighted by Gasteiger charge is -2.20. The molecule has 1 saturated carbocycles. The van der Waals surface area contributed by atoms with Crippen LogP contribution in [0.3, 0.4) is 0 Å². The second-order valence-corrected chi connectivity index (χ2v) is 6.77. The quantitative estimate of drug-likeness (QED) is 0.581. The zero-order valence-electron chi connectivity index (χ0n) is 14.1. The van der Waals surface area contributed by atoms with Crippen LogP contribution >= 0.6 is 0 Å². The van der Waals surface area contributed by atoms with E-state index in [0.717, 1.165) is 24.2 Å². The Kier molecular flexibility index (Phi) is 5.85. The summed E-state index contributed by atoms with van der Waals surface area (Å²) >= 11 is 0. The molecule has 2 amide bonds. The number of hydrogen-bond donors (Lipinski definition) is 4. The van der Waals surface area contributed by atoms with Gasteiger partial charge in [0.15, 0.2) is 5.69 Å². The van der Waals surface area contributed by atoms with Crippen molar-refractivity contribution < 1.29 is 9.59 Å². The van der Waals surface area contributed by atoms with Gasteiger partial charge in [-0.05, 0) is 18.8 Å². The first-order valence-corrected chi connectivity index (χ1v) is 9.06. The summed E-state index contributed by atoms with van der Waals surface area (Å²) in [7, 11) is 0. The number of carbonyl (C=O) groups is 2. The molecule has 7 heteroatoms. The lowest BCUT2D eigenvalue weighted by molar-refractivity contribution is -0.122. The summed E-state index contributed by atoms with van der Waals surface area (Å²) in [5.41, 5.74) is 2.46. The van der Waals surface area contributed by atoms with E-state index in [-0.39, 0.29) is 11.8 Å². The van der Waals surface area contributed by atoms with Crippen LogP contribution in [0.1, 0.15) is 60.3 Å². The van der Waals surface area contributed by atoms with Gasteiger partial charge in [0.1, 0.15) is 0 Å². The van der Waals surface area contributed by atoms with Gasteiger partial charge in [0.05, 0.1) is 0 Å². The maximum Gasteiger partial charge on any atom is 0.272 e. The molecule has 0 unspecified atom stereocenters. The highest BCUT2D eigenvalue weighted by Crippen LogP contribution is 2.25. The molecule has 1 aromatic rings. The van der Waals surface area contributed by atoms with E-state index in [1.165, 1.54) is 32.1 Å². The first kappa shape index (κ1) is 17.0. The van der Waals surface area contributed by atoms with Crippen LogP contribution < -0.4 is 16.0 Å². The van der Waals surface area contributed by atoms with Gasteiger partial charge in [0.2, 0.25) is 5.91 Å². The Balaban J connectivity index is 1.36. The Morgan fingerprint density at radius 1 is 1.12 bits per heavy atom. The fraction of sp³-hybridized carbons (Fsp3) is 0.706. The molecule has 2 heterocycles. The smallest absolute Gasteiger partial charge is 0.272 e. The van der Waals surface area contributed by atoms with Crippen LogP contribution in [0.15, 0.2) is 0 Å². The standard InChI is InChI=1S/C17H27N5O2/c23-15(10-12-4-2-1-3-5-12)19-8-9-20-17(24)16-13-11-18-7-6-14(13)21-22-16/h12,18H,1-11H2,(H,19,23)(H,20,24)(H,21,22). The second kappa shape index (κ2) is 8.28. The van der Waals surface area contributed by atoms with E-state index in [9.17, 15) is 9.59 Å². The van der Waals surface area contributed by atoms with Crippen LogP contribution in [-0.4, -0.2) is 41.6 Å². The van der Waals surface area contributed by atoms with Crippen molar-refractivity contribution in [3.63, 3.8) is 0 Å². The summed E-state index contributed by atoms with van der Waals surface area (Å²) in [5, 5.41) is 16.0. The molecule has 0 atom stereocenters. The third-order valence-corrected chi connectivity index (χ3v) is 4.95. The van der Waals surface area contributed by atoms with Crippen molar-refractivity contribution in [1.29, 1.82) is 0 Å². The topological polar surface area (TPSA) is 98.9 Å². The third kappa shape index (κ3) is 4.35. The highest BCUT2D eigenvalue weighted by molar-refractivity contribution is 5.94. The average Bonchev–Trinajstić information content (AvgIpc) is 3.03. The van der Waals surface area contributed by atoms with Gasteiger partial charge in [-0.15, -0.1) is 0 Å². The number of carbonyl (C=O) groups excluding carboxylic acids is 2. The highest BCUT2D eigenvalue weighted by atomic mass is 16.2. The molecule has 0 spiro atoms. The number of H-pyrrole nitrogens is 1. The lowest BCUT2D eigenvalue weighted by Crippen LogP contribution is -2.36. The molecule has 132 valence electrons. The van der Waals surface area contributed by atoms with Gasteiger partial charge in [0, 0.05) is 50.3 Å². The first-order chi connectivity index (χ1) is 11.7. The van der Waals surface area contributed by atoms with Crippen molar-refractivity contribution in [2.75, 3.05) is 19.6 Å².